The number of carbonyl (C=O) groups excluding carboxylic acids is 2. The van der Waals surface area contributed by atoms with Crippen LogP contribution in [-0.2, 0) is 22.6 Å². The van der Waals surface area contributed by atoms with Crippen molar-refractivity contribution >= 4 is 28.4 Å². The van der Waals surface area contributed by atoms with Gasteiger partial charge in [-0.15, -0.1) is 0 Å². The molecule has 0 radical (unpaired) electrons. The lowest BCUT2D eigenvalue weighted by atomic mass is 10.1. The van der Waals surface area contributed by atoms with Crippen molar-refractivity contribution in [2.75, 3.05) is 5.32 Å². The van der Waals surface area contributed by atoms with Crippen molar-refractivity contribution in [3.8, 4) is 0 Å². The molecule has 0 bridgehead atoms. The van der Waals surface area contributed by atoms with Crippen LogP contribution in [0.4, 0.5) is 5.69 Å². The van der Waals surface area contributed by atoms with Crippen LogP contribution in [0.15, 0.2) is 53.3 Å². The highest BCUT2D eigenvalue weighted by atomic mass is 16.2. The lowest BCUT2D eigenvalue weighted by molar-refractivity contribution is -0.121. The molecule has 0 fully saturated rings. The number of rotatable bonds is 7. The van der Waals surface area contributed by atoms with Crippen molar-refractivity contribution in [1.82, 2.24) is 15.3 Å². The number of H-pyrrole nitrogens is 1. The molecular weight excluding hydrogens is 368 g/mol. The molecular formula is C22H24N4O3. The van der Waals surface area contributed by atoms with E-state index < -0.39 is 0 Å². The van der Waals surface area contributed by atoms with Gasteiger partial charge in [0, 0.05) is 31.0 Å². The molecule has 1 aromatic heterocycles. The summed E-state index contributed by atoms with van der Waals surface area (Å²) < 4.78 is 0. The zero-order valence-corrected chi connectivity index (χ0v) is 16.5. The second-order valence-electron chi connectivity index (χ2n) is 7.15. The van der Waals surface area contributed by atoms with Gasteiger partial charge >= 0.3 is 0 Å². The summed E-state index contributed by atoms with van der Waals surface area (Å²) >= 11 is 0. The molecule has 7 nitrogen and oxygen atoms in total. The maximum absolute atomic E-state index is 12.1. The molecule has 3 aromatic rings. The molecule has 1 heterocycles. The van der Waals surface area contributed by atoms with Crippen LogP contribution in [0.1, 0.15) is 31.7 Å². The van der Waals surface area contributed by atoms with Gasteiger partial charge in [0.15, 0.2) is 0 Å². The van der Waals surface area contributed by atoms with Crippen LogP contribution in [0.5, 0.6) is 0 Å². The van der Waals surface area contributed by atoms with E-state index in [1.165, 1.54) is 0 Å². The third kappa shape index (κ3) is 5.51. The topological polar surface area (TPSA) is 104 Å². The number of aryl methyl sites for hydroxylation is 1. The van der Waals surface area contributed by atoms with E-state index in [1.807, 2.05) is 44.2 Å². The molecule has 0 saturated carbocycles. The zero-order valence-electron chi connectivity index (χ0n) is 16.5. The number of anilines is 1. The molecule has 0 atom stereocenters. The standard InChI is InChI=1S/C22H24N4O3/c1-14(2)21(28)24-16-9-7-15(8-10-16)13-23-20(27)12-11-19-25-18-6-4-3-5-17(18)22(29)26-19/h3-10,14H,11-13H2,1-2H3,(H,23,27)(H,24,28)(H,25,26,29). The molecule has 0 aliphatic rings. The predicted octanol–water partition coefficient (Wildman–Crippen LogP) is 2.77. The number of benzene rings is 2. The number of nitrogens with one attached hydrogen (secondary N) is 3. The molecule has 0 saturated heterocycles. The van der Waals surface area contributed by atoms with Crippen molar-refractivity contribution in [2.45, 2.75) is 33.2 Å². The van der Waals surface area contributed by atoms with Crippen molar-refractivity contribution < 1.29 is 9.59 Å². The summed E-state index contributed by atoms with van der Waals surface area (Å²) in [6, 6.07) is 14.5. The first-order valence-electron chi connectivity index (χ1n) is 9.57. The number of hydrogen-bond acceptors (Lipinski definition) is 4. The first kappa shape index (κ1) is 20.3. The van der Waals surface area contributed by atoms with Crippen molar-refractivity contribution in [2.24, 2.45) is 5.92 Å². The van der Waals surface area contributed by atoms with E-state index in [0.29, 0.717) is 29.7 Å². The van der Waals surface area contributed by atoms with Gasteiger partial charge in [0.25, 0.3) is 5.56 Å². The molecule has 2 amide bonds. The molecule has 3 N–H and O–H groups in total. The fourth-order valence-corrected chi connectivity index (χ4v) is 2.77. The normalized spacial score (nSPS) is 10.9. The van der Waals surface area contributed by atoms with Gasteiger partial charge in [0.05, 0.1) is 10.9 Å². The van der Waals surface area contributed by atoms with Crippen molar-refractivity contribution in [1.29, 1.82) is 0 Å². The summed E-state index contributed by atoms with van der Waals surface area (Å²) in [5, 5.41) is 6.22. The van der Waals surface area contributed by atoms with Gasteiger partial charge in [-0.2, -0.15) is 0 Å². The van der Waals surface area contributed by atoms with E-state index in [2.05, 4.69) is 20.6 Å². The minimum absolute atomic E-state index is 0.0357. The highest BCUT2D eigenvalue weighted by Crippen LogP contribution is 2.11. The third-order valence-corrected chi connectivity index (χ3v) is 4.49. The second-order valence-corrected chi connectivity index (χ2v) is 7.15. The van der Waals surface area contributed by atoms with Crippen LogP contribution in [0, 0.1) is 5.92 Å². The number of hydrogen-bond donors (Lipinski definition) is 3. The van der Waals surface area contributed by atoms with E-state index in [1.54, 1.807) is 18.2 Å². The number of aromatic amines is 1. The highest BCUT2D eigenvalue weighted by Gasteiger charge is 2.08. The summed E-state index contributed by atoms with van der Waals surface area (Å²) in [6.45, 7) is 4.06. The maximum atomic E-state index is 12.1. The Morgan fingerprint density at radius 2 is 1.79 bits per heavy atom. The van der Waals surface area contributed by atoms with E-state index in [9.17, 15) is 14.4 Å². The Kier molecular flexibility index (Phi) is 6.39. The molecule has 0 unspecified atom stereocenters. The fourth-order valence-electron chi connectivity index (χ4n) is 2.77. The predicted molar refractivity (Wildman–Crippen MR) is 112 cm³/mol. The quantitative estimate of drug-likeness (QED) is 0.575. The Morgan fingerprint density at radius 1 is 1.07 bits per heavy atom. The number of fused-ring (bicyclic) bond motifs is 1. The van der Waals surface area contributed by atoms with Crippen molar-refractivity contribution in [3.05, 3.63) is 70.3 Å². The molecule has 3 rings (SSSR count). The van der Waals surface area contributed by atoms with Gasteiger partial charge in [-0.05, 0) is 29.8 Å². The van der Waals surface area contributed by atoms with E-state index in [-0.39, 0.29) is 29.7 Å². The average molecular weight is 392 g/mol. The van der Waals surface area contributed by atoms with Gasteiger partial charge in [0.2, 0.25) is 11.8 Å². The Balaban J connectivity index is 1.50. The summed E-state index contributed by atoms with van der Waals surface area (Å²) in [5.74, 6) is 0.250. The zero-order chi connectivity index (χ0) is 20.8. The van der Waals surface area contributed by atoms with Crippen LogP contribution in [0.2, 0.25) is 0 Å². The summed E-state index contributed by atoms with van der Waals surface area (Å²) in [5.41, 5.74) is 2.08. The first-order chi connectivity index (χ1) is 13.9. The Labute approximate surface area is 168 Å². The van der Waals surface area contributed by atoms with Crippen LogP contribution >= 0.6 is 0 Å². The Hall–Kier alpha value is -3.48. The van der Waals surface area contributed by atoms with E-state index in [4.69, 9.17) is 0 Å². The van der Waals surface area contributed by atoms with Crippen LogP contribution < -0.4 is 16.2 Å². The lowest BCUT2D eigenvalue weighted by Gasteiger charge is -2.09. The summed E-state index contributed by atoms with van der Waals surface area (Å²) in [4.78, 5) is 43.0. The smallest absolute Gasteiger partial charge is 0.258 e. The van der Waals surface area contributed by atoms with Crippen LogP contribution in [0.25, 0.3) is 10.9 Å². The number of amides is 2. The Bertz CT molecular complexity index is 1070. The second kappa shape index (κ2) is 9.14. The molecule has 0 aliphatic heterocycles. The largest absolute Gasteiger partial charge is 0.352 e. The summed E-state index contributed by atoms with van der Waals surface area (Å²) in [7, 11) is 0. The summed E-state index contributed by atoms with van der Waals surface area (Å²) in [6.07, 6.45) is 0.579. The van der Waals surface area contributed by atoms with Gasteiger partial charge in [0.1, 0.15) is 5.82 Å². The lowest BCUT2D eigenvalue weighted by Crippen LogP contribution is -2.24. The Morgan fingerprint density at radius 3 is 2.52 bits per heavy atom. The fraction of sp³-hybridized carbons (Fsp3) is 0.273. The van der Waals surface area contributed by atoms with Gasteiger partial charge in [-0.1, -0.05) is 38.1 Å². The SMILES string of the molecule is CC(C)C(=O)Nc1ccc(CNC(=O)CCc2nc3ccccc3c(=O)[nH]2)cc1. The first-order valence-corrected chi connectivity index (χ1v) is 9.57. The number of nitrogens with zero attached hydrogens (tertiary/aromatic N) is 1. The van der Waals surface area contributed by atoms with Gasteiger partial charge in [-0.25, -0.2) is 4.98 Å². The van der Waals surface area contributed by atoms with Crippen LogP contribution in [-0.4, -0.2) is 21.8 Å². The van der Waals surface area contributed by atoms with Gasteiger partial charge in [-0.3, -0.25) is 14.4 Å². The maximum Gasteiger partial charge on any atom is 0.258 e. The highest BCUT2D eigenvalue weighted by molar-refractivity contribution is 5.92. The van der Waals surface area contributed by atoms with Crippen LogP contribution in [0.3, 0.4) is 0 Å². The van der Waals surface area contributed by atoms with E-state index in [0.717, 1.165) is 11.3 Å². The minimum Gasteiger partial charge on any atom is -0.352 e. The number of aromatic nitrogens is 2. The van der Waals surface area contributed by atoms with Crippen molar-refractivity contribution in [3.63, 3.8) is 0 Å². The molecule has 150 valence electrons. The average Bonchev–Trinajstić information content (AvgIpc) is 2.71. The third-order valence-electron chi connectivity index (χ3n) is 4.49. The van der Waals surface area contributed by atoms with E-state index >= 15 is 0 Å². The van der Waals surface area contributed by atoms with Gasteiger partial charge < -0.3 is 15.6 Å². The number of para-hydroxylation sites is 1. The number of carbonyl (C=O) groups is 2. The molecule has 0 spiro atoms. The monoisotopic (exact) mass is 392 g/mol. The molecule has 29 heavy (non-hydrogen) atoms. The molecule has 7 heteroatoms. The molecule has 2 aromatic carbocycles. The minimum atomic E-state index is -0.198. The molecule has 0 aliphatic carbocycles.